The van der Waals surface area contributed by atoms with Crippen LogP contribution < -0.4 is 10.6 Å². The Balaban J connectivity index is 0.00000338. The lowest BCUT2D eigenvalue weighted by Crippen LogP contribution is -2.32. The highest BCUT2D eigenvalue weighted by molar-refractivity contribution is 7.89. The third-order valence-corrected chi connectivity index (χ3v) is 6.64. The second kappa shape index (κ2) is 10.3. The molecule has 148 valence electrons. The first-order valence-corrected chi connectivity index (χ1v) is 10.4. The molecule has 1 heterocycles. The summed E-state index contributed by atoms with van der Waals surface area (Å²) in [5, 5.41) is 5.78. The van der Waals surface area contributed by atoms with Gasteiger partial charge in [0.25, 0.3) is 0 Å². The summed E-state index contributed by atoms with van der Waals surface area (Å²) in [7, 11) is -1.74. The van der Waals surface area contributed by atoms with Crippen LogP contribution in [0, 0.1) is 12.8 Å². The Morgan fingerprint density at radius 3 is 2.38 bits per heavy atom. The molecule has 0 spiro atoms. The van der Waals surface area contributed by atoms with Crippen molar-refractivity contribution in [2.45, 2.75) is 44.4 Å². The third kappa shape index (κ3) is 5.67. The van der Waals surface area contributed by atoms with Crippen molar-refractivity contribution < 1.29 is 13.2 Å². The number of halogens is 1. The minimum absolute atomic E-state index is 0. The summed E-state index contributed by atoms with van der Waals surface area (Å²) < 4.78 is 27.7. The molecule has 1 saturated heterocycles. The number of aryl methyl sites for hydroxylation is 1. The van der Waals surface area contributed by atoms with E-state index in [1.54, 1.807) is 36.5 Å². The Hall–Kier alpha value is -1.15. The number of amides is 1. The number of hydrogen-bond acceptors (Lipinski definition) is 4. The van der Waals surface area contributed by atoms with Gasteiger partial charge in [-0.3, -0.25) is 4.79 Å². The highest BCUT2D eigenvalue weighted by Gasteiger charge is 2.27. The van der Waals surface area contributed by atoms with Gasteiger partial charge >= 0.3 is 0 Å². The van der Waals surface area contributed by atoms with Gasteiger partial charge in [-0.25, -0.2) is 8.42 Å². The van der Waals surface area contributed by atoms with E-state index in [1.807, 2.05) is 6.92 Å². The topological polar surface area (TPSA) is 78.5 Å². The van der Waals surface area contributed by atoms with Gasteiger partial charge < -0.3 is 10.6 Å². The maximum Gasteiger partial charge on any atom is 0.243 e. The molecule has 1 aromatic carbocycles. The monoisotopic (exact) mass is 403 g/mol. The number of hydrogen-bond donors (Lipinski definition) is 2. The first-order chi connectivity index (χ1) is 11.9. The number of nitrogens with one attached hydrogen (secondary N) is 2. The van der Waals surface area contributed by atoms with Gasteiger partial charge in [-0.1, -0.05) is 25.8 Å². The molecule has 0 aromatic heterocycles. The summed E-state index contributed by atoms with van der Waals surface area (Å²) in [6.45, 7) is 5.32. The second-order valence-electron chi connectivity index (χ2n) is 6.75. The van der Waals surface area contributed by atoms with Gasteiger partial charge in [0.2, 0.25) is 15.9 Å². The van der Waals surface area contributed by atoms with Gasteiger partial charge in [-0.15, -0.1) is 12.4 Å². The molecular formula is C18H30ClN3O3S. The molecule has 1 atom stereocenters. The first-order valence-electron chi connectivity index (χ1n) is 8.92. The first kappa shape index (κ1) is 22.9. The Bertz CT molecular complexity index is 702. The molecule has 2 N–H and O–H groups in total. The molecule has 1 aliphatic rings. The fourth-order valence-electron chi connectivity index (χ4n) is 3.04. The van der Waals surface area contributed by atoms with E-state index in [4.69, 9.17) is 0 Å². The van der Waals surface area contributed by atoms with Crippen molar-refractivity contribution in [3.05, 3.63) is 23.8 Å². The van der Waals surface area contributed by atoms with Crippen LogP contribution >= 0.6 is 12.4 Å². The molecule has 1 aromatic rings. The molecule has 1 unspecified atom stereocenters. The molecule has 26 heavy (non-hydrogen) atoms. The van der Waals surface area contributed by atoms with Crippen LogP contribution in [0.25, 0.3) is 0 Å². The lowest BCUT2D eigenvalue weighted by Gasteiger charge is -2.22. The fraction of sp³-hybridized carbons (Fsp3) is 0.611. The lowest BCUT2D eigenvalue weighted by molar-refractivity contribution is -0.119. The maximum atomic E-state index is 13.0. The van der Waals surface area contributed by atoms with Gasteiger partial charge in [0.1, 0.15) is 0 Å². The Morgan fingerprint density at radius 1 is 1.19 bits per heavy atom. The number of carbonyl (C=O) groups excluding carboxylic acids is 1. The number of rotatable bonds is 6. The van der Waals surface area contributed by atoms with E-state index >= 15 is 0 Å². The highest BCUT2D eigenvalue weighted by atomic mass is 35.5. The van der Waals surface area contributed by atoms with Crippen molar-refractivity contribution >= 4 is 34.0 Å². The average Bonchev–Trinajstić information content (AvgIpc) is 2.86. The maximum absolute atomic E-state index is 13.0. The molecule has 0 aliphatic carbocycles. The van der Waals surface area contributed by atoms with Crippen molar-refractivity contribution in [1.29, 1.82) is 0 Å². The van der Waals surface area contributed by atoms with Crippen LogP contribution in [0.15, 0.2) is 23.1 Å². The van der Waals surface area contributed by atoms with Crippen molar-refractivity contribution in [2.75, 3.05) is 32.0 Å². The number of nitrogens with zero attached hydrogens (tertiary/aromatic N) is 1. The summed E-state index contributed by atoms with van der Waals surface area (Å²) in [5.41, 5.74) is 1.22. The standard InChI is InChI=1S/C18H29N3O3S.ClH/c1-14-8-9-16(20-18(22)15(2)13-19-3)12-17(14)25(23,24)21-10-6-4-5-7-11-21;/h8-9,12,15,19H,4-7,10-11,13H2,1-3H3,(H,20,22);1H. The predicted molar refractivity (Wildman–Crippen MR) is 107 cm³/mol. The quantitative estimate of drug-likeness (QED) is 0.765. The van der Waals surface area contributed by atoms with Crippen molar-refractivity contribution in [1.82, 2.24) is 9.62 Å². The molecule has 0 bridgehead atoms. The van der Waals surface area contributed by atoms with E-state index in [1.165, 1.54) is 0 Å². The van der Waals surface area contributed by atoms with Gasteiger partial charge in [-0.05, 0) is 44.5 Å². The number of sulfonamides is 1. The third-order valence-electron chi connectivity index (χ3n) is 4.60. The molecule has 2 rings (SSSR count). The minimum atomic E-state index is -3.54. The summed E-state index contributed by atoms with van der Waals surface area (Å²) in [5.74, 6) is -0.326. The van der Waals surface area contributed by atoms with E-state index in [0.29, 0.717) is 30.9 Å². The lowest BCUT2D eigenvalue weighted by atomic mass is 10.1. The van der Waals surface area contributed by atoms with Crippen LogP contribution in [0.3, 0.4) is 0 Å². The SMILES string of the molecule is CNCC(C)C(=O)Nc1ccc(C)c(S(=O)(=O)N2CCCCCC2)c1.Cl. The molecule has 0 saturated carbocycles. The van der Waals surface area contributed by atoms with Gasteiger partial charge in [0.05, 0.1) is 4.90 Å². The van der Waals surface area contributed by atoms with Crippen LogP contribution in [-0.2, 0) is 14.8 Å². The minimum Gasteiger partial charge on any atom is -0.326 e. The van der Waals surface area contributed by atoms with Gasteiger partial charge in [0.15, 0.2) is 0 Å². The fourth-order valence-corrected chi connectivity index (χ4v) is 4.81. The van der Waals surface area contributed by atoms with E-state index in [0.717, 1.165) is 25.7 Å². The zero-order valence-electron chi connectivity index (χ0n) is 15.7. The predicted octanol–water partition coefficient (Wildman–Crippen LogP) is 2.78. The van der Waals surface area contributed by atoms with Crippen LogP contribution in [0.5, 0.6) is 0 Å². The summed E-state index contributed by atoms with van der Waals surface area (Å²) in [4.78, 5) is 12.5. The average molecular weight is 404 g/mol. The van der Waals surface area contributed by atoms with Crippen molar-refractivity contribution in [3.8, 4) is 0 Å². The number of benzene rings is 1. The zero-order valence-corrected chi connectivity index (χ0v) is 17.4. The van der Waals surface area contributed by atoms with Crippen molar-refractivity contribution in [2.24, 2.45) is 5.92 Å². The van der Waals surface area contributed by atoms with Crippen molar-refractivity contribution in [3.63, 3.8) is 0 Å². The van der Waals surface area contributed by atoms with E-state index in [9.17, 15) is 13.2 Å². The largest absolute Gasteiger partial charge is 0.326 e. The summed E-state index contributed by atoms with van der Waals surface area (Å²) in [6, 6.07) is 5.09. The van der Waals surface area contributed by atoms with Crippen LogP contribution in [0.1, 0.15) is 38.2 Å². The van der Waals surface area contributed by atoms with Crippen LogP contribution in [-0.4, -0.2) is 45.3 Å². The molecule has 1 fully saturated rings. The molecule has 6 nitrogen and oxygen atoms in total. The smallest absolute Gasteiger partial charge is 0.243 e. The number of carbonyl (C=O) groups is 1. The highest BCUT2D eigenvalue weighted by Crippen LogP contribution is 2.26. The van der Waals surface area contributed by atoms with E-state index < -0.39 is 10.0 Å². The number of anilines is 1. The van der Waals surface area contributed by atoms with E-state index in [-0.39, 0.29) is 29.1 Å². The van der Waals surface area contributed by atoms with E-state index in [2.05, 4.69) is 10.6 Å². The second-order valence-corrected chi connectivity index (χ2v) is 8.65. The van der Waals surface area contributed by atoms with Gasteiger partial charge in [-0.2, -0.15) is 4.31 Å². The van der Waals surface area contributed by atoms with Crippen LogP contribution in [0.4, 0.5) is 5.69 Å². The molecule has 8 heteroatoms. The van der Waals surface area contributed by atoms with Gasteiger partial charge in [0, 0.05) is 31.2 Å². The Kier molecular flexibility index (Phi) is 9.03. The normalized spacial score (nSPS) is 17.0. The Labute approximate surface area is 163 Å². The van der Waals surface area contributed by atoms with Crippen LogP contribution in [0.2, 0.25) is 0 Å². The zero-order chi connectivity index (χ0) is 18.4. The summed E-state index contributed by atoms with van der Waals surface area (Å²) >= 11 is 0. The molecule has 0 radical (unpaired) electrons. The Morgan fingerprint density at radius 2 is 1.81 bits per heavy atom. The molecule has 1 amide bonds. The summed E-state index contributed by atoms with van der Waals surface area (Å²) in [6.07, 6.45) is 3.95. The molecule has 1 aliphatic heterocycles. The molecular weight excluding hydrogens is 374 g/mol.